The van der Waals surface area contributed by atoms with Crippen molar-refractivity contribution in [3.05, 3.63) is 29.8 Å². The van der Waals surface area contributed by atoms with Crippen molar-refractivity contribution in [2.45, 2.75) is 6.92 Å². The van der Waals surface area contributed by atoms with Crippen molar-refractivity contribution in [1.82, 2.24) is 4.90 Å². The fourth-order valence-electron chi connectivity index (χ4n) is 5.25. The van der Waals surface area contributed by atoms with Gasteiger partial charge < -0.3 is 0 Å². The highest BCUT2D eigenvalue weighted by Crippen LogP contribution is 2.69. The first kappa shape index (κ1) is 13.9. The van der Waals surface area contributed by atoms with Crippen LogP contribution in [0.4, 0.5) is 5.69 Å². The highest BCUT2D eigenvalue weighted by molar-refractivity contribution is 6.24. The third-order valence-electron chi connectivity index (χ3n) is 6.41. The molecule has 0 spiro atoms. The molecule has 24 heavy (non-hydrogen) atoms. The number of carbonyl (C=O) groups excluding carboxylic acids is 4. The molecule has 0 aromatic heterocycles. The predicted molar refractivity (Wildman–Crippen MR) is 82.4 cm³/mol. The lowest BCUT2D eigenvalue weighted by Crippen LogP contribution is -2.66. The van der Waals surface area contributed by atoms with Gasteiger partial charge in [-0.05, 0) is 30.9 Å². The van der Waals surface area contributed by atoms with Gasteiger partial charge in [0.1, 0.15) is 0 Å². The predicted octanol–water partition coefficient (Wildman–Crippen LogP) is 0.591. The SMILES string of the molecule is Cc1ccc(N2C(=O)C3C(C2=O)C2C4C(=O)N(C)C(=O)C4C32)cc1. The summed E-state index contributed by atoms with van der Waals surface area (Å²) < 4.78 is 0. The average Bonchev–Trinajstić information content (AvgIpc) is 2.84. The molecular weight excluding hydrogens is 308 g/mol. The molecule has 0 N–H and O–H groups in total. The van der Waals surface area contributed by atoms with Gasteiger partial charge in [0.05, 0.1) is 29.4 Å². The number of fused-ring (bicyclic) bond motifs is 7. The van der Waals surface area contributed by atoms with Gasteiger partial charge in [0, 0.05) is 7.05 Å². The summed E-state index contributed by atoms with van der Waals surface area (Å²) in [7, 11) is 1.49. The van der Waals surface area contributed by atoms with Crippen molar-refractivity contribution < 1.29 is 19.2 Å². The van der Waals surface area contributed by atoms with Crippen LogP contribution in [-0.4, -0.2) is 35.6 Å². The molecule has 6 unspecified atom stereocenters. The Morgan fingerprint density at radius 2 is 1.12 bits per heavy atom. The zero-order valence-corrected chi connectivity index (χ0v) is 13.3. The molecule has 122 valence electrons. The van der Waals surface area contributed by atoms with E-state index in [0.29, 0.717) is 5.69 Å². The number of rotatable bonds is 1. The molecule has 4 aliphatic rings. The molecule has 6 atom stereocenters. The van der Waals surface area contributed by atoms with Crippen LogP contribution in [0.15, 0.2) is 24.3 Å². The minimum atomic E-state index is -0.437. The Labute approximate surface area is 138 Å². The molecular formula is C18H16N2O4. The van der Waals surface area contributed by atoms with E-state index in [1.54, 1.807) is 12.1 Å². The normalized spacial score (nSPS) is 39.4. The number of likely N-dealkylation sites (tertiary alicyclic amines) is 1. The molecule has 1 aromatic rings. The second-order valence-electron chi connectivity index (χ2n) is 7.34. The van der Waals surface area contributed by atoms with Gasteiger partial charge in [-0.25, -0.2) is 0 Å². The van der Waals surface area contributed by atoms with Gasteiger partial charge in [-0.15, -0.1) is 0 Å². The van der Waals surface area contributed by atoms with Gasteiger partial charge in [-0.3, -0.25) is 29.0 Å². The molecule has 2 aliphatic carbocycles. The van der Waals surface area contributed by atoms with Crippen molar-refractivity contribution in [3.63, 3.8) is 0 Å². The first-order valence-electron chi connectivity index (χ1n) is 8.19. The second kappa shape index (κ2) is 4.12. The zero-order valence-electron chi connectivity index (χ0n) is 13.3. The lowest BCUT2D eigenvalue weighted by Gasteiger charge is -2.59. The Morgan fingerprint density at radius 1 is 0.708 bits per heavy atom. The molecule has 0 bridgehead atoms. The van der Waals surface area contributed by atoms with E-state index in [9.17, 15) is 19.2 Å². The summed E-state index contributed by atoms with van der Waals surface area (Å²) in [5.74, 6) is -2.79. The Hall–Kier alpha value is -2.50. The molecule has 6 nitrogen and oxygen atoms in total. The number of hydrogen-bond donors (Lipinski definition) is 0. The highest BCUT2D eigenvalue weighted by Gasteiger charge is 2.79. The molecule has 2 heterocycles. The molecule has 4 amide bonds. The quantitative estimate of drug-likeness (QED) is 0.709. The van der Waals surface area contributed by atoms with Crippen molar-refractivity contribution in [1.29, 1.82) is 0 Å². The minimum absolute atomic E-state index is 0.145. The Bertz CT molecular complexity index is 784. The van der Waals surface area contributed by atoms with Crippen LogP contribution in [0.3, 0.4) is 0 Å². The van der Waals surface area contributed by atoms with Crippen molar-refractivity contribution in [2.75, 3.05) is 11.9 Å². The number of anilines is 1. The number of imide groups is 2. The lowest BCUT2D eigenvalue weighted by molar-refractivity contribution is -0.189. The Kier molecular flexibility index (Phi) is 2.39. The van der Waals surface area contributed by atoms with Gasteiger partial charge in [-0.2, -0.15) is 0 Å². The largest absolute Gasteiger partial charge is 0.285 e. The minimum Gasteiger partial charge on any atom is -0.285 e. The van der Waals surface area contributed by atoms with E-state index in [2.05, 4.69) is 0 Å². The molecule has 2 saturated carbocycles. The van der Waals surface area contributed by atoms with Gasteiger partial charge in [0.15, 0.2) is 0 Å². The number of benzene rings is 1. The van der Waals surface area contributed by atoms with Crippen molar-refractivity contribution in [3.8, 4) is 0 Å². The average molecular weight is 324 g/mol. The van der Waals surface area contributed by atoms with Gasteiger partial charge in [0.2, 0.25) is 23.6 Å². The molecule has 2 aliphatic heterocycles. The molecule has 6 heteroatoms. The summed E-state index contributed by atoms with van der Waals surface area (Å²) in [4.78, 5) is 52.5. The van der Waals surface area contributed by atoms with Crippen LogP contribution in [0.1, 0.15) is 5.56 Å². The van der Waals surface area contributed by atoms with E-state index in [1.165, 1.54) is 11.9 Å². The number of nitrogens with zero attached hydrogens (tertiary/aromatic N) is 2. The smallest absolute Gasteiger partial charge is 0.238 e. The topological polar surface area (TPSA) is 74.8 Å². The monoisotopic (exact) mass is 324 g/mol. The Balaban J connectivity index is 1.50. The van der Waals surface area contributed by atoms with E-state index in [0.717, 1.165) is 10.5 Å². The van der Waals surface area contributed by atoms with Gasteiger partial charge in [0.25, 0.3) is 0 Å². The van der Waals surface area contributed by atoms with Crippen LogP contribution in [0, 0.1) is 42.4 Å². The molecule has 4 fully saturated rings. The van der Waals surface area contributed by atoms with Crippen LogP contribution in [0.25, 0.3) is 0 Å². The third kappa shape index (κ3) is 1.31. The van der Waals surface area contributed by atoms with Crippen LogP contribution in [0.2, 0.25) is 0 Å². The first-order chi connectivity index (χ1) is 11.4. The van der Waals surface area contributed by atoms with E-state index < -0.39 is 23.7 Å². The summed E-state index contributed by atoms with van der Waals surface area (Å²) in [6.07, 6.45) is 0. The van der Waals surface area contributed by atoms with E-state index >= 15 is 0 Å². The summed E-state index contributed by atoms with van der Waals surface area (Å²) in [5.41, 5.74) is 1.62. The first-order valence-corrected chi connectivity index (χ1v) is 8.19. The summed E-state index contributed by atoms with van der Waals surface area (Å²) in [6.45, 7) is 1.94. The van der Waals surface area contributed by atoms with Gasteiger partial charge >= 0.3 is 0 Å². The van der Waals surface area contributed by atoms with Crippen LogP contribution in [-0.2, 0) is 19.2 Å². The maximum absolute atomic E-state index is 12.8. The lowest BCUT2D eigenvalue weighted by atomic mass is 9.39. The van der Waals surface area contributed by atoms with Crippen LogP contribution in [0.5, 0.6) is 0 Å². The molecule has 5 rings (SSSR count). The molecule has 0 radical (unpaired) electrons. The van der Waals surface area contributed by atoms with Gasteiger partial charge in [-0.1, -0.05) is 17.7 Å². The molecule has 1 aromatic carbocycles. The van der Waals surface area contributed by atoms with Crippen LogP contribution < -0.4 is 4.90 Å². The third-order valence-corrected chi connectivity index (χ3v) is 6.41. The number of hydrogen-bond acceptors (Lipinski definition) is 4. The number of amides is 4. The summed E-state index contributed by atoms with van der Waals surface area (Å²) in [6, 6.07) is 7.26. The van der Waals surface area contributed by atoms with Crippen molar-refractivity contribution in [2.24, 2.45) is 35.5 Å². The maximum Gasteiger partial charge on any atom is 0.238 e. The zero-order chi connectivity index (χ0) is 16.9. The van der Waals surface area contributed by atoms with E-state index in [-0.39, 0.29) is 35.5 Å². The molecule has 2 saturated heterocycles. The Morgan fingerprint density at radius 3 is 1.58 bits per heavy atom. The number of carbonyl (C=O) groups is 4. The standard InChI is InChI=1S/C18H16N2O4/c1-7-3-5-8(6-4-7)20-17(23)13-9-10(14(13)18(20)24)12-11(9)15(21)19(2)16(12)22/h3-6,9-14H,1-2H3. The number of aryl methyl sites for hydroxylation is 1. The van der Waals surface area contributed by atoms with E-state index in [1.807, 2.05) is 19.1 Å². The van der Waals surface area contributed by atoms with E-state index in [4.69, 9.17) is 0 Å². The summed E-state index contributed by atoms with van der Waals surface area (Å²) >= 11 is 0. The second-order valence-corrected chi connectivity index (χ2v) is 7.34. The maximum atomic E-state index is 12.8. The fraction of sp³-hybridized carbons (Fsp3) is 0.444. The van der Waals surface area contributed by atoms with Crippen LogP contribution >= 0.6 is 0 Å². The highest BCUT2D eigenvalue weighted by atomic mass is 16.2. The van der Waals surface area contributed by atoms with Crippen molar-refractivity contribution >= 4 is 29.3 Å². The fourth-order valence-corrected chi connectivity index (χ4v) is 5.25. The summed E-state index contributed by atoms with van der Waals surface area (Å²) in [5, 5.41) is 0.